The van der Waals surface area contributed by atoms with Crippen molar-refractivity contribution in [2.24, 2.45) is 5.92 Å². The summed E-state index contributed by atoms with van der Waals surface area (Å²) in [6.07, 6.45) is 0. The third kappa shape index (κ3) is 3.09. The molecule has 1 saturated heterocycles. The third-order valence-electron chi connectivity index (χ3n) is 2.84. The maximum Gasteiger partial charge on any atom is 0.315 e. The number of hydrogen-bond acceptors (Lipinski definition) is 2. The van der Waals surface area contributed by atoms with Gasteiger partial charge >= 0.3 is 6.03 Å². The SMILES string of the molecule is CC1CNC(=O)NC1SCc1c(F)cccc1Cl. The average molecular weight is 289 g/mol. The second-order valence-electron chi connectivity index (χ2n) is 4.26. The van der Waals surface area contributed by atoms with Crippen LogP contribution in [-0.2, 0) is 5.75 Å². The van der Waals surface area contributed by atoms with Crippen molar-refractivity contribution in [3.63, 3.8) is 0 Å². The molecule has 2 amide bonds. The first-order valence-corrected chi connectivity index (χ1v) is 7.09. The fourth-order valence-corrected chi connectivity index (χ4v) is 3.30. The van der Waals surface area contributed by atoms with Crippen molar-refractivity contribution in [3.8, 4) is 0 Å². The highest BCUT2D eigenvalue weighted by Gasteiger charge is 2.25. The smallest absolute Gasteiger partial charge is 0.315 e. The maximum absolute atomic E-state index is 13.6. The van der Waals surface area contributed by atoms with E-state index in [2.05, 4.69) is 10.6 Å². The van der Waals surface area contributed by atoms with Gasteiger partial charge in [-0.25, -0.2) is 9.18 Å². The van der Waals surface area contributed by atoms with Crippen LogP contribution in [0.1, 0.15) is 12.5 Å². The van der Waals surface area contributed by atoms with Gasteiger partial charge in [0.15, 0.2) is 0 Å². The summed E-state index contributed by atoms with van der Waals surface area (Å²) in [6, 6.07) is 4.48. The van der Waals surface area contributed by atoms with Crippen LogP contribution in [0.25, 0.3) is 0 Å². The van der Waals surface area contributed by atoms with Gasteiger partial charge in [-0.3, -0.25) is 0 Å². The summed E-state index contributed by atoms with van der Waals surface area (Å²) in [4.78, 5) is 11.2. The van der Waals surface area contributed by atoms with Crippen molar-refractivity contribution in [3.05, 3.63) is 34.6 Å². The molecule has 1 aromatic rings. The van der Waals surface area contributed by atoms with Gasteiger partial charge in [0.25, 0.3) is 0 Å². The molecule has 0 bridgehead atoms. The van der Waals surface area contributed by atoms with E-state index in [1.54, 1.807) is 12.1 Å². The number of hydrogen-bond donors (Lipinski definition) is 2. The maximum atomic E-state index is 13.6. The van der Waals surface area contributed by atoms with E-state index in [-0.39, 0.29) is 17.2 Å². The fraction of sp³-hybridized carbons (Fsp3) is 0.417. The van der Waals surface area contributed by atoms with Crippen molar-refractivity contribution in [1.29, 1.82) is 0 Å². The van der Waals surface area contributed by atoms with Crippen molar-refractivity contribution in [1.82, 2.24) is 10.6 Å². The number of urea groups is 1. The summed E-state index contributed by atoms with van der Waals surface area (Å²) in [6.45, 7) is 2.67. The number of nitrogens with one attached hydrogen (secondary N) is 2. The molecule has 0 saturated carbocycles. The van der Waals surface area contributed by atoms with E-state index in [1.807, 2.05) is 6.92 Å². The van der Waals surface area contributed by atoms with Crippen molar-refractivity contribution >= 4 is 29.4 Å². The van der Waals surface area contributed by atoms with Crippen LogP contribution in [0.5, 0.6) is 0 Å². The molecule has 2 rings (SSSR count). The zero-order valence-electron chi connectivity index (χ0n) is 9.87. The lowest BCUT2D eigenvalue weighted by atomic mass is 10.1. The van der Waals surface area contributed by atoms with E-state index < -0.39 is 0 Å². The molecular formula is C12H14ClFN2OS. The predicted molar refractivity (Wildman–Crippen MR) is 72.2 cm³/mol. The quantitative estimate of drug-likeness (QED) is 0.898. The molecule has 6 heteroatoms. The zero-order valence-corrected chi connectivity index (χ0v) is 11.4. The van der Waals surface area contributed by atoms with E-state index in [4.69, 9.17) is 11.6 Å². The molecule has 2 unspecified atom stereocenters. The summed E-state index contributed by atoms with van der Waals surface area (Å²) in [5.41, 5.74) is 0.490. The van der Waals surface area contributed by atoms with Gasteiger partial charge in [-0.1, -0.05) is 24.6 Å². The number of rotatable bonds is 3. The molecule has 98 valence electrons. The van der Waals surface area contributed by atoms with Crippen LogP contribution in [0.4, 0.5) is 9.18 Å². The van der Waals surface area contributed by atoms with Crippen LogP contribution < -0.4 is 10.6 Å². The van der Waals surface area contributed by atoms with Gasteiger partial charge in [0.1, 0.15) is 5.82 Å². The predicted octanol–water partition coefficient (Wildman–Crippen LogP) is 2.99. The Bertz CT molecular complexity index is 437. The minimum Gasteiger partial charge on any atom is -0.338 e. The highest BCUT2D eigenvalue weighted by atomic mass is 35.5. The van der Waals surface area contributed by atoms with Gasteiger partial charge in [0, 0.05) is 28.8 Å². The fourth-order valence-electron chi connectivity index (χ4n) is 1.73. The van der Waals surface area contributed by atoms with Crippen LogP contribution in [0.3, 0.4) is 0 Å². The van der Waals surface area contributed by atoms with Crippen molar-refractivity contribution in [2.75, 3.05) is 6.54 Å². The Hall–Kier alpha value is -0.940. The lowest BCUT2D eigenvalue weighted by Crippen LogP contribution is -2.52. The monoisotopic (exact) mass is 288 g/mol. The number of benzene rings is 1. The summed E-state index contributed by atoms with van der Waals surface area (Å²) >= 11 is 7.45. The largest absolute Gasteiger partial charge is 0.338 e. The Morgan fingerprint density at radius 1 is 1.56 bits per heavy atom. The highest BCUT2D eigenvalue weighted by molar-refractivity contribution is 7.99. The zero-order chi connectivity index (χ0) is 13.1. The van der Waals surface area contributed by atoms with E-state index in [0.29, 0.717) is 28.8 Å². The summed E-state index contributed by atoms with van der Waals surface area (Å²) < 4.78 is 13.6. The van der Waals surface area contributed by atoms with Crippen LogP contribution >= 0.6 is 23.4 Å². The minimum absolute atomic E-state index is 0.0191. The van der Waals surface area contributed by atoms with Gasteiger partial charge in [0.05, 0.1) is 5.37 Å². The first-order chi connectivity index (χ1) is 8.58. The second-order valence-corrected chi connectivity index (χ2v) is 5.80. The molecular weight excluding hydrogens is 275 g/mol. The highest BCUT2D eigenvalue weighted by Crippen LogP contribution is 2.28. The topological polar surface area (TPSA) is 41.1 Å². The molecule has 2 N–H and O–H groups in total. The van der Waals surface area contributed by atoms with Crippen LogP contribution in [0, 0.1) is 11.7 Å². The average Bonchev–Trinajstić information content (AvgIpc) is 2.33. The molecule has 18 heavy (non-hydrogen) atoms. The number of carbonyl (C=O) groups excluding carboxylic acids is 1. The van der Waals surface area contributed by atoms with Gasteiger partial charge < -0.3 is 10.6 Å². The normalized spacial score (nSPS) is 23.4. The molecule has 3 nitrogen and oxygen atoms in total. The Kier molecular flexibility index (Phi) is 4.35. The first kappa shape index (κ1) is 13.5. The van der Waals surface area contributed by atoms with E-state index in [0.717, 1.165) is 0 Å². The molecule has 0 aromatic heterocycles. The van der Waals surface area contributed by atoms with Crippen LogP contribution in [0.15, 0.2) is 18.2 Å². The third-order valence-corrected chi connectivity index (χ3v) is 4.59. The van der Waals surface area contributed by atoms with Crippen molar-refractivity contribution < 1.29 is 9.18 Å². The Morgan fingerprint density at radius 3 is 3.06 bits per heavy atom. The van der Waals surface area contributed by atoms with E-state index >= 15 is 0 Å². The standard InChI is InChI=1S/C12H14ClFN2OS/c1-7-5-15-12(17)16-11(7)18-6-8-9(13)3-2-4-10(8)14/h2-4,7,11H,5-6H2,1H3,(H2,15,16,17). The molecule has 1 aromatic carbocycles. The Balaban J connectivity index is 2.00. The Labute approximate surface area is 114 Å². The molecule has 1 aliphatic heterocycles. The number of carbonyl (C=O) groups is 1. The summed E-state index contributed by atoms with van der Waals surface area (Å²) in [5, 5.41) is 5.95. The van der Waals surface area contributed by atoms with E-state index in [9.17, 15) is 9.18 Å². The number of halogens is 2. The summed E-state index contributed by atoms with van der Waals surface area (Å²) in [5.74, 6) is 0.432. The molecule has 2 atom stereocenters. The van der Waals surface area contributed by atoms with E-state index in [1.165, 1.54) is 17.8 Å². The van der Waals surface area contributed by atoms with Crippen molar-refractivity contribution in [2.45, 2.75) is 18.1 Å². The number of thioether (sulfide) groups is 1. The van der Waals surface area contributed by atoms with Gasteiger partial charge in [-0.2, -0.15) is 0 Å². The summed E-state index contributed by atoms with van der Waals surface area (Å²) in [7, 11) is 0. The van der Waals surface area contributed by atoms with Gasteiger partial charge in [-0.15, -0.1) is 11.8 Å². The van der Waals surface area contributed by atoms with Gasteiger partial charge in [-0.05, 0) is 12.1 Å². The van der Waals surface area contributed by atoms with Crippen LogP contribution in [0.2, 0.25) is 5.02 Å². The second kappa shape index (κ2) is 5.80. The molecule has 0 spiro atoms. The molecule has 1 heterocycles. The number of amides is 2. The first-order valence-electron chi connectivity index (χ1n) is 5.67. The molecule has 0 aliphatic carbocycles. The van der Waals surface area contributed by atoms with Gasteiger partial charge in [0.2, 0.25) is 0 Å². The minimum atomic E-state index is -0.303. The molecule has 1 aliphatic rings. The Morgan fingerprint density at radius 2 is 2.33 bits per heavy atom. The lowest BCUT2D eigenvalue weighted by Gasteiger charge is -2.30. The van der Waals surface area contributed by atoms with Crippen LogP contribution in [-0.4, -0.2) is 17.9 Å². The molecule has 1 fully saturated rings. The molecule has 0 radical (unpaired) electrons. The lowest BCUT2D eigenvalue weighted by molar-refractivity contribution is 0.227.